The first-order chi connectivity index (χ1) is 11.1. The van der Waals surface area contributed by atoms with E-state index in [4.69, 9.17) is 10.5 Å². The van der Waals surface area contributed by atoms with E-state index in [0.29, 0.717) is 24.0 Å². The van der Waals surface area contributed by atoms with Crippen molar-refractivity contribution in [2.45, 2.75) is 12.8 Å². The van der Waals surface area contributed by atoms with Crippen LogP contribution in [0, 0.1) is 11.7 Å². The monoisotopic (exact) mass is 335 g/mol. The van der Waals surface area contributed by atoms with E-state index in [2.05, 4.69) is 9.88 Å². The SMILES string of the molecule is NC(=O)c1csc(N2CCCC(COc3ccc(F)cc3)C2)n1. The molecule has 2 N–H and O–H groups in total. The quantitative estimate of drug-likeness (QED) is 0.912. The molecule has 1 atom stereocenters. The van der Waals surface area contributed by atoms with Crippen LogP contribution in [0.5, 0.6) is 5.75 Å². The molecule has 1 saturated heterocycles. The molecule has 0 spiro atoms. The number of anilines is 1. The molecule has 1 amide bonds. The molecule has 0 bridgehead atoms. The van der Waals surface area contributed by atoms with Gasteiger partial charge in [-0.1, -0.05) is 0 Å². The number of primary amides is 1. The average molecular weight is 335 g/mol. The predicted octanol–water partition coefficient (Wildman–Crippen LogP) is 2.68. The second-order valence-electron chi connectivity index (χ2n) is 5.60. The lowest BCUT2D eigenvalue weighted by atomic mass is 9.99. The van der Waals surface area contributed by atoms with Crippen LogP contribution >= 0.6 is 11.3 Å². The van der Waals surface area contributed by atoms with E-state index in [9.17, 15) is 9.18 Å². The van der Waals surface area contributed by atoms with Crippen LogP contribution in [0.2, 0.25) is 0 Å². The van der Waals surface area contributed by atoms with Crippen LogP contribution in [0.1, 0.15) is 23.3 Å². The van der Waals surface area contributed by atoms with Gasteiger partial charge in [-0.05, 0) is 37.1 Å². The fourth-order valence-corrected chi connectivity index (χ4v) is 3.49. The number of nitrogens with two attached hydrogens (primary N) is 1. The second-order valence-corrected chi connectivity index (χ2v) is 6.44. The molecular weight excluding hydrogens is 317 g/mol. The maximum atomic E-state index is 12.9. The van der Waals surface area contributed by atoms with Crippen molar-refractivity contribution in [1.82, 2.24) is 4.98 Å². The Kier molecular flexibility index (Phi) is 4.76. The largest absolute Gasteiger partial charge is 0.493 e. The molecule has 1 unspecified atom stereocenters. The summed E-state index contributed by atoms with van der Waals surface area (Å²) in [6.07, 6.45) is 2.12. The minimum Gasteiger partial charge on any atom is -0.493 e. The zero-order valence-corrected chi connectivity index (χ0v) is 13.4. The summed E-state index contributed by atoms with van der Waals surface area (Å²) in [6, 6.07) is 6.05. The van der Waals surface area contributed by atoms with Crippen LogP contribution < -0.4 is 15.4 Å². The van der Waals surface area contributed by atoms with Crippen LogP contribution in [0.15, 0.2) is 29.6 Å². The number of thiazole rings is 1. The van der Waals surface area contributed by atoms with Crippen molar-refractivity contribution in [1.29, 1.82) is 0 Å². The molecule has 0 aliphatic carbocycles. The van der Waals surface area contributed by atoms with Crippen molar-refractivity contribution in [3.8, 4) is 5.75 Å². The van der Waals surface area contributed by atoms with Crippen LogP contribution in [0.4, 0.5) is 9.52 Å². The van der Waals surface area contributed by atoms with Crippen molar-refractivity contribution in [3.05, 3.63) is 41.2 Å². The van der Waals surface area contributed by atoms with Crippen LogP contribution in [-0.4, -0.2) is 30.6 Å². The lowest BCUT2D eigenvalue weighted by Gasteiger charge is -2.32. The molecule has 0 saturated carbocycles. The molecule has 2 heterocycles. The molecule has 23 heavy (non-hydrogen) atoms. The topological polar surface area (TPSA) is 68.5 Å². The van der Waals surface area contributed by atoms with Gasteiger partial charge >= 0.3 is 0 Å². The molecular formula is C16H18FN3O2S. The molecule has 0 radical (unpaired) electrons. The van der Waals surface area contributed by atoms with Crippen molar-refractivity contribution in [2.24, 2.45) is 11.7 Å². The number of hydrogen-bond acceptors (Lipinski definition) is 5. The highest BCUT2D eigenvalue weighted by molar-refractivity contribution is 7.13. The Morgan fingerprint density at radius 3 is 2.91 bits per heavy atom. The number of amides is 1. The van der Waals surface area contributed by atoms with Gasteiger partial charge in [-0.3, -0.25) is 4.79 Å². The number of nitrogens with zero attached hydrogens (tertiary/aromatic N) is 2. The Morgan fingerprint density at radius 1 is 1.43 bits per heavy atom. The number of carbonyl (C=O) groups is 1. The summed E-state index contributed by atoms with van der Waals surface area (Å²) in [7, 11) is 0. The first-order valence-electron chi connectivity index (χ1n) is 7.50. The summed E-state index contributed by atoms with van der Waals surface area (Å²) in [5.41, 5.74) is 5.56. The molecule has 122 valence electrons. The first kappa shape index (κ1) is 15.7. The Labute approximate surface area is 137 Å². The molecule has 3 rings (SSSR count). The van der Waals surface area contributed by atoms with Gasteiger partial charge in [0.25, 0.3) is 5.91 Å². The lowest BCUT2D eigenvalue weighted by Crippen LogP contribution is -2.37. The van der Waals surface area contributed by atoms with Crippen molar-refractivity contribution in [3.63, 3.8) is 0 Å². The Hall–Kier alpha value is -2.15. The van der Waals surface area contributed by atoms with Gasteiger partial charge in [-0.15, -0.1) is 11.3 Å². The van der Waals surface area contributed by atoms with Crippen LogP contribution in [0.3, 0.4) is 0 Å². The number of carbonyl (C=O) groups excluding carboxylic acids is 1. The van der Waals surface area contributed by atoms with Crippen molar-refractivity contribution < 1.29 is 13.9 Å². The Bertz CT molecular complexity index is 674. The molecule has 1 fully saturated rings. The second kappa shape index (κ2) is 6.95. The van der Waals surface area contributed by atoms with Gasteiger partial charge in [-0.25, -0.2) is 9.37 Å². The van der Waals surface area contributed by atoms with E-state index in [-0.39, 0.29) is 5.82 Å². The van der Waals surface area contributed by atoms with Gasteiger partial charge in [0.15, 0.2) is 5.13 Å². The summed E-state index contributed by atoms with van der Waals surface area (Å²) in [4.78, 5) is 17.6. The van der Waals surface area contributed by atoms with Gasteiger partial charge < -0.3 is 15.4 Å². The number of ether oxygens (including phenoxy) is 1. The Balaban J connectivity index is 1.57. The van der Waals surface area contributed by atoms with E-state index in [1.807, 2.05) is 0 Å². The summed E-state index contributed by atoms with van der Waals surface area (Å²) in [5.74, 6) is 0.277. The zero-order valence-electron chi connectivity index (χ0n) is 12.6. The van der Waals surface area contributed by atoms with Gasteiger partial charge in [0.2, 0.25) is 0 Å². The minimum atomic E-state index is -0.499. The van der Waals surface area contributed by atoms with Crippen molar-refractivity contribution >= 4 is 22.4 Å². The van der Waals surface area contributed by atoms with Crippen LogP contribution in [0.25, 0.3) is 0 Å². The molecule has 7 heteroatoms. The average Bonchev–Trinajstić information content (AvgIpc) is 3.05. The minimum absolute atomic E-state index is 0.268. The maximum absolute atomic E-state index is 12.9. The standard InChI is InChI=1S/C16H18FN3O2S/c17-12-3-5-13(6-4-12)22-9-11-2-1-7-20(8-11)16-19-14(10-23-16)15(18)21/h3-6,10-11H,1-2,7-9H2,(H2,18,21). The van der Waals surface area contributed by atoms with Gasteiger partial charge in [0.1, 0.15) is 17.3 Å². The number of aromatic nitrogens is 1. The number of rotatable bonds is 5. The molecule has 2 aromatic rings. The summed E-state index contributed by atoms with van der Waals surface area (Å²) >= 11 is 1.43. The van der Waals surface area contributed by atoms with E-state index in [1.165, 1.54) is 23.5 Å². The lowest BCUT2D eigenvalue weighted by molar-refractivity contribution is 0.0996. The summed E-state index contributed by atoms with van der Waals surface area (Å²) in [5, 5.41) is 2.52. The smallest absolute Gasteiger partial charge is 0.268 e. The summed E-state index contributed by atoms with van der Waals surface area (Å²) in [6.45, 7) is 2.32. The van der Waals surface area contributed by atoms with E-state index >= 15 is 0 Å². The predicted molar refractivity (Wildman–Crippen MR) is 87.5 cm³/mol. The fourth-order valence-electron chi connectivity index (χ4n) is 2.64. The number of benzene rings is 1. The van der Waals surface area contributed by atoms with E-state index < -0.39 is 5.91 Å². The Morgan fingerprint density at radius 2 is 2.22 bits per heavy atom. The molecule has 1 aromatic carbocycles. The third kappa shape index (κ3) is 3.98. The first-order valence-corrected chi connectivity index (χ1v) is 8.38. The van der Waals surface area contributed by atoms with Crippen molar-refractivity contribution in [2.75, 3.05) is 24.6 Å². The molecule has 1 aromatic heterocycles. The normalized spacial score (nSPS) is 18.0. The van der Waals surface area contributed by atoms with E-state index in [1.54, 1.807) is 17.5 Å². The van der Waals surface area contributed by atoms with Gasteiger partial charge in [0.05, 0.1) is 6.61 Å². The van der Waals surface area contributed by atoms with Gasteiger partial charge in [0, 0.05) is 24.4 Å². The maximum Gasteiger partial charge on any atom is 0.268 e. The van der Waals surface area contributed by atoms with Gasteiger partial charge in [-0.2, -0.15) is 0 Å². The number of piperidine rings is 1. The molecule has 5 nitrogen and oxygen atoms in total. The zero-order chi connectivity index (χ0) is 16.2. The third-order valence-corrected chi connectivity index (χ3v) is 4.73. The molecule has 1 aliphatic heterocycles. The third-order valence-electron chi connectivity index (χ3n) is 3.83. The highest BCUT2D eigenvalue weighted by atomic mass is 32.1. The van der Waals surface area contributed by atoms with Crippen LogP contribution in [-0.2, 0) is 0 Å². The summed E-state index contributed by atoms with van der Waals surface area (Å²) < 4.78 is 18.6. The molecule has 1 aliphatic rings. The highest BCUT2D eigenvalue weighted by Gasteiger charge is 2.23. The number of hydrogen-bond donors (Lipinski definition) is 1. The fraction of sp³-hybridized carbons (Fsp3) is 0.375. The van der Waals surface area contributed by atoms with E-state index in [0.717, 1.165) is 31.1 Å². The number of halogens is 1. The highest BCUT2D eigenvalue weighted by Crippen LogP contribution is 2.26.